The number of methoxy groups -OCH3 is 1. The van der Waals surface area contributed by atoms with Gasteiger partial charge in [0.15, 0.2) is 0 Å². The number of nitrogens with zero attached hydrogens (tertiary/aromatic N) is 1. The van der Waals surface area contributed by atoms with Crippen LogP contribution in [0.1, 0.15) is 27.3 Å². The molecule has 2 aromatic heterocycles. The third-order valence-corrected chi connectivity index (χ3v) is 5.84. The summed E-state index contributed by atoms with van der Waals surface area (Å²) < 4.78 is 10.8. The van der Waals surface area contributed by atoms with Crippen molar-refractivity contribution in [2.24, 2.45) is 0 Å². The zero-order chi connectivity index (χ0) is 19.1. The molecule has 27 heavy (non-hydrogen) atoms. The first-order valence-corrected chi connectivity index (χ1v) is 10.4. The van der Waals surface area contributed by atoms with Crippen LogP contribution in [0.15, 0.2) is 41.1 Å². The van der Waals surface area contributed by atoms with Crippen LogP contribution in [-0.4, -0.2) is 31.2 Å². The van der Waals surface area contributed by atoms with E-state index in [-0.39, 0.29) is 5.91 Å². The summed E-state index contributed by atoms with van der Waals surface area (Å²) in [7, 11) is 1.65. The van der Waals surface area contributed by atoms with Crippen LogP contribution in [-0.2, 0) is 11.3 Å². The summed E-state index contributed by atoms with van der Waals surface area (Å²) in [6.07, 6.45) is 0.761. The van der Waals surface area contributed by atoms with E-state index in [1.54, 1.807) is 18.4 Å². The Balaban J connectivity index is 1.38. The number of ether oxygens (including phenoxy) is 2. The maximum atomic E-state index is 12.4. The average molecular weight is 403 g/mol. The van der Waals surface area contributed by atoms with E-state index in [9.17, 15) is 4.79 Å². The van der Waals surface area contributed by atoms with Crippen molar-refractivity contribution in [3.63, 3.8) is 0 Å². The quantitative estimate of drug-likeness (QED) is 0.535. The Hall–Kier alpha value is -2.22. The van der Waals surface area contributed by atoms with E-state index in [4.69, 9.17) is 9.47 Å². The molecule has 0 atom stereocenters. The number of nitrogens with one attached hydrogen (secondary N) is 1. The Bertz CT molecular complexity index is 858. The fourth-order valence-electron chi connectivity index (χ4n) is 2.48. The summed E-state index contributed by atoms with van der Waals surface area (Å²) in [5.74, 6) is 0.767. The minimum Gasteiger partial charge on any atom is -0.497 e. The van der Waals surface area contributed by atoms with Crippen molar-refractivity contribution < 1.29 is 14.3 Å². The summed E-state index contributed by atoms with van der Waals surface area (Å²) >= 11 is 3.06. The largest absolute Gasteiger partial charge is 0.497 e. The minimum atomic E-state index is -0.0679. The number of hydrogen-bond donors (Lipinski definition) is 1. The lowest BCUT2D eigenvalue weighted by molar-refractivity contribution is 0.0937. The van der Waals surface area contributed by atoms with Crippen LogP contribution in [0.2, 0.25) is 0 Å². The Morgan fingerprint density at radius 3 is 2.74 bits per heavy atom. The number of thiazole rings is 1. The molecule has 0 aliphatic heterocycles. The van der Waals surface area contributed by atoms with Crippen LogP contribution in [0.4, 0.5) is 0 Å². The van der Waals surface area contributed by atoms with Gasteiger partial charge in [-0.2, -0.15) is 11.3 Å². The van der Waals surface area contributed by atoms with Gasteiger partial charge < -0.3 is 14.8 Å². The van der Waals surface area contributed by atoms with Crippen LogP contribution in [0.5, 0.6) is 5.75 Å². The molecule has 0 aliphatic carbocycles. The molecule has 0 saturated heterocycles. The lowest BCUT2D eigenvalue weighted by atomic mass is 10.2. The summed E-state index contributed by atoms with van der Waals surface area (Å²) in [6, 6.07) is 9.82. The molecule has 0 radical (unpaired) electrons. The van der Waals surface area contributed by atoms with Crippen molar-refractivity contribution in [2.75, 3.05) is 20.3 Å². The summed E-state index contributed by atoms with van der Waals surface area (Å²) in [6.45, 7) is 3.59. The molecule has 0 aliphatic rings. The van der Waals surface area contributed by atoms with Gasteiger partial charge in [-0.1, -0.05) is 12.1 Å². The normalized spacial score (nSPS) is 10.7. The summed E-state index contributed by atoms with van der Waals surface area (Å²) in [4.78, 5) is 17.6. The van der Waals surface area contributed by atoms with Crippen LogP contribution in [0.25, 0.3) is 10.6 Å². The number of thiophene rings is 1. The molecule has 1 amide bonds. The zero-order valence-electron chi connectivity index (χ0n) is 15.4. The lowest BCUT2D eigenvalue weighted by Gasteiger charge is -2.06. The van der Waals surface area contributed by atoms with Crippen molar-refractivity contribution >= 4 is 28.6 Å². The molecule has 0 saturated carbocycles. The van der Waals surface area contributed by atoms with Gasteiger partial charge in [0.2, 0.25) is 0 Å². The third kappa shape index (κ3) is 5.38. The van der Waals surface area contributed by atoms with E-state index in [1.165, 1.54) is 11.3 Å². The fourth-order valence-corrected chi connectivity index (χ4v) is 4.18. The molecule has 5 nitrogen and oxygen atoms in total. The molecule has 1 aromatic carbocycles. The van der Waals surface area contributed by atoms with Crippen molar-refractivity contribution in [2.45, 2.75) is 20.0 Å². The molecular weight excluding hydrogens is 380 g/mol. The maximum absolute atomic E-state index is 12.4. The van der Waals surface area contributed by atoms with Gasteiger partial charge in [0, 0.05) is 24.1 Å². The average Bonchev–Trinajstić information content (AvgIpc) is 3.34. The smallest absolute Gasteiger partial charge is 0.263 e. The fraction of sp³-hybridized carbons (Fsp3) is 0.300. The number of amides is 1. The highest BCUT2D eigenvalue weighted by atomic mass is 32.1. The van der Waals surface area contributed by atoms with Gasteiger partial charge >= 0.3 is 0 Å². The number of benzene rings is 1. The molecule has 7 heteroatoms. The highest BCUT2D eigenvalue weighted by Gasteiger charge is 2.15. The first-order chi connectivity index (χ1) is 13.2. The van der Waals surface area contributed by atoms with Crippen molar-refractivity contribution in [1.82, 2.24) is 10.3 Å². The number of rotatable bonds is 9. The first-order valence-electron chi connectivity index (χ1n) is 8.66. The van der Waals surface area contributed by atoms with Crippen LogP contribution < -0.4 is 10.1 Å². The van der Waals surface area contributed by atoms with Gasteiger partial charge in [-0.25, -0.2) is 4.98 Å². The highest BCUT2D eigenvalue weighted by Crippen LogP contribution is 2.29. The Kier molecular flexibility index (Phi) is 6.98. The Morgan fingerprint density at radius 1 is 1.22 bits per heavy atom. The van der Waals surface area contributed by atoms with Gasteiger partial charge in [-0.05, 0) is 42.5 Å². The van der Waals surface area contributed by atoms with Gasteiger partial charge in [0.05, 0.1) is 19.4 Å². The van der Waals surface area contributed by atoms with Crippen molar-refractivity contribution in [3.8, 4) is 16.3 Å². The molecular formula is C20H22N2O3S2. The predicted octanol–water partition coefficient (Wildman–Crippen LogP) is 4.53. The van der Waals surface area contributed by atoms with Crippen LogP contribution >= 0.6 is 22.7 Å². The molecule has 0 fully saturated rings. The van der Waals surface area contributed by atoms with Crippen molar-refractivity contribution in [3.05, 3.63) is 57.2 Å². The van der Waals surface area contributed by atoms with Crippen molar-refractivity contribution in [1.29, 1.82) is 0 Å². The topological polar surface area (TPSA) is 60.5 Å². The number of aromatic nitrogens is 1. The van der Waals surface area contributed by atoms with Gasteiger partial charge in [0.1, 0.15) is 15.6 Å². The van der Waals surface area contributed by atoms with Gasteiger partial charge in [-0.15, -0.1) is 11.3 Å². The molecule has 0 spiro atoms. The number of carbonyl (C=O) groups excluding carboxylic acids is 1. The molecule has 0 unspecified atom stereocenters. The monoisotopic (exact) mass is 402 g/mol. The Labute approximate surface area is 167 Å². The summed E-state index contributed by atoms with van der Waals surface area (Å²) in [5.41, 5.74) is 2.94. The first kappa shape index (κ1) is 19.5. The van der Waals surface area contributed by atoms with Gasteiger partial charge in [-0.3, -0.25) is 4.79 Å². The second kappa shape index (κ2) is 9.64. The second-order valence-electron chi connectivity index (χ2n) is 5.96. The van der Waals surface area contributed by atoms with E-state index in [0.717, 1.165) is 34.0 Å². The highest BCUT2D eigenvalue weighted by molar-refractivity contribution is 7.17. The minimum absolute atomic E-state index is 0.0679. The third-order valence-electron chi connectivity index (χ3n) is 3.95. The molecule has 142 valence electrons. The maximum Gasteiger partial charge on any atom is 0.263 e. The lowest BCUT2D eigenvalue weighted by Crippen LogP contribution is -2.25. The SMILES string of the molecule is COc1ccc(COCCCNC(=O)c2sc(-c3ccsc3)nc2C)cc1. The summed E-state index contributed by atoms with van der Waals surface area (Å²) in [5, 5.41) is 7.89. The van der Waals surface area contributed by atoms with Crippen LogP contribution in [0.3, 0.4) is 0 Å². The molecule has 2 heterocycles. The molecule has 0 bridgehead atoms. The number of aryl methyl sites for hydroxylation is 1. The van der Waals surface area contributed by atoms with E-state index >= 15 is 0 Å². The predicted molar refractivity (Wildman–Crippen MR) is 110 cm³/mol. The zero-order valence-corrected chi connectivity index (χ0v) is 17.0. The van der Waals surface area contributed by atoms with E-state index in [1.807, 2.05) is 48.0 Å². The van der Waals surface area contributed by atoms with Gasteiger partial charge in [0.25, 0.3) is 5.91 Å². The van der Waals surface area contributed by atoms with E-state index in [2.05, 4.69) is 10.3 Å². The number of hydrogen-bond acceptors (Lipinski definition) is 6. The standard InChI is InChI=1S/C20H22N2O3S2/c1-14-18(27-20(22-14)16-8-11-26-13-16)19(23)21-9-3-10-25-12-15-4-6-17(24-2)7-5-15/h4-8,11,13H,3,9-10,12H2,1-2H3,(H,21,23). The van der Waals surface area contributed by atoms with Crippen LogP contribution in [0, 0.1) is 6.92 Å². The number of carbonyl (C=O) groups is 1. The van der Waals surface area contributed by atoms with E-state index in [0.29, 0.717) is 24.6 Å². The molecule has 3 rings (SSSR count). The molecule has 3 aromatic rings. The second-order valence-corrected chi connectivity index (χ2v) is 7.73. The van der Waals surface area contributed by atoms with E-state index < -0.39 is 0 Å². The Morgan fingerprint density at radius 2 is 2.04 bits per heavy atom. The molecule has 1 N–H and O–H groups in total.